The highest BCUT2D eigenvalue weighted by molar-refractivity contribution is 5.92. The van der Waals surface area contributed by atoms with Crippen molar-refractivity contribution in [3.63, 3.8) is 0 Å². The van der Waals surface area contributed by atoms with E-state index >= 15 is 0 Å². The maximum Gasteiger partial charge on any atom is 0.224 e. The molecule has 5 heteroatoms. The Balaban J connectivity index is 2.34. The molecular formula is C16H25N3O2. The van der Waals surface area contributed by atoms with Gasteiger partial charge < -0.3 is 16.0 Å². The maximum absolute atomic E-state index is 11.8. The van der Waals surface area contributed by atoms with Crippen molar-refractivity contribution in [1.29, 1.82) is 0 Å². The van der Waals surface area contributed by atoms with E-state index in [1.807, 2.05) is 0 Å². The lowest BCUT2D eigenvalue weighted by Gasteiger charge is -2.09. The zero-order valence-electron chi connectivity index (χ0n) is 13.0. The molecule has 0 bridgehead atoms. The van der Waals surface area contributed by atoms with Crippen LogP contribution in [0, 0.1) is 0 Å². The van der Waals surface area contributed by atoms with Crippen molar-refractivity contribution in [2.24, 2.45) is 0 Å². The van der Waals surface area contributed by atoms with Crippen LogP contribution in [-0.4, -0.2) is 24.4 Å². The molecule has 1 aromatic rings. The van der Waals surface area contributed by atoms with Gasteiger partial charge in [0.1, 0.15) is 0 Å². The van der Waals surface area contributed by atoms with Gasteiger partial charge in [0.2, 0.25) is 11.8 Å². The van der Waals surface area contributed by atoms with E-state index in [0.29, 0.717) is 18.9 Å². The first-order valence-corrected chi connectivity index (χ1v) is 7.44. The third-order valence-electron chi connectivity index (χ3n) is 2.91. The molecule has 5 nitrogen and oxygen atoms in total. The summed E-state index contributed by atoms with van der Waals surface area (Å²) in [7, 11) is 0. The molecule has 0 aliphatic rings. The van der Waals surface area contributed by atoms with E-state index in [9.17, 15) is 9.59 Å². The predicted molar refractivity (Wildman–Crippen MR) is 86.4 cm³/mol. The quantitative estimate of drug-likeness (QED) is 0.645. The molecule has 0 spiro atoms. The number of carbonyl (C=O) groups is 2. The fraction of sp³-hybridized carbons (Fsp3) is 0.500. The summed E-state index contributed by atoms with van der Waals surface area (Å²) in [5.41, 5.74) is 1.48. The molecule has 1 rings (SSSR count). The number of amides is 2. The largest absolute Gasteiger partial charge is 0.326 e. The fourth-order valence-electron chi connectivity index (χ4n) is 1.75. The summed E-state index contributed by atoms with van der Waals surface area (Å²) >= 11 is 0. The number of nitrogens with one attached hydrogen (secondary N) is 3. The molecule has 0 heterocycles. The summed E-state index contributed by atoms with van der Waals surface area (Å²) in [5, 5.41) is 8.89. The lowest BCUT2D eigenvalue weighted by molar-refractivity contribution is -0.116. The van der Waals surface area contributed by atoms with Crippen molar-refractivity contribution in [1.82, 2.24) is 5.32 Å². The molecule has 2 amide bonds. The Bertz CT molecular complexity index is 455. The van der Waals surface area contributed by atoms with Crippen LogP contribution >= 0.6 is 0 Å². The Morgan fingerprint density at radius 2 is 1.52 bits per heavy atom. The highest BCUT2D eigenvalue weighted by Crippen LogP contribution is 2.14. The van der Waals surface area contributed by atoms with Crippen molar-refractivity contribution in [3.05, 3.63) is 24.3 Å². The molecule has 0 aliphatic heterocycles. The summed E-state index contributed by atoms with van der Waals surface area (Å²) in [5.74, 6) is -0.0182. The van der Waals surface area contributed by atoms with Crippen molar-refractivity contribution in [2.75, 3.05) is 17.2 Å². The van der Waals surface area contributed by atoms with Gasteiger partial charge in [-0.2, -0.15) is 0 Å². The topological polar surface area (TPSA) is 70.2 Å². The zero-order chi connectivity index (χ0) is 15.7. The number of benzene rings is 1. The van der Waals surface area contributed by atoms with Crippen LogP contribution in [-0.2, 0) is 9.59 Å². The normalized spacial score (nSPS) is 10.5. The fourth-order valence-corrected chi connectivity index (χ4v) is 1.75. The van der Waals surface area contributed by atoms with Gasteiger partial charge in [-0.1, -0.05) is 20.8 Å². The molecule has 0 saturated carbocycles. The summed E-state index contributed by atoms with van der Waals surface area (Å²) in [6, 6.07) is 7.58. The van der Waals surface area contributed by atoms with E-state index in [0.717, 1.165) is 24.3 Å². The number of rotatable bonds is 8. The Kier molecular flexibility index (Phi) is 7.46. The second-order valence-corrected chi connectivity index (χ2v) is 5.24. The summed E-state index contributed by atoms with van der Waals surface area (Å²) in [6.07, 6.45) is 1.76. The third kappa shape index (κ3) is 7.46. The number of hydrogen-bond acceptors (Lipinski definition) is 3. The highest BCUT2D eigenvalue weighted by Gasteiger charge is 2.03. The van der Waals surface area contributed by atoms with Gasteiger partial charge in [-0.15, -0.1) is 0 Å². The first kappa shape index (κ1) is 17.2. The minimum Gasteiger partial charge on any atom is -0.326 e. The Labute approximate surface area is 126 Å². The minimum absolute atomic E-state index is 0.00546. The second-order valence-electron chi connectivity index (χ2n) is 5.24. The molecule has 21 heavy (non-hydrogen) atoms. The first-order chi connectivity index (χ1) is 10.0. The SMILES string of the molecule is CCC(=O)Nc1ccc(NC(=O)CCCNC(C)C)cc1. The first-order valence-electron chi connectivity index (χ1n) is 7.44. The molecule has 0 saturated heterocycles. The number of anilines is 2. The van der Waals surface area contributed by atoms with E-state index in [4.69, 9.17) is 0 Å². The van der Waals surface area contributed by atoms with E-state index in [-0.39, 0.29) is 11.8 Å². The van der Waals surface area contributed by atoms with Crippen molar-refractivity contribution in [2.45, 2.75) is 46.1 Å². The average Bonchev–Trinajstić information content (AvgIpc) is 2.45. The molecule has 116 valence electrons. The predicted octanol–water partition coefficient (Wildman–Crippen LogP) is 2.75. The van der Waals surface area contributed by atoms with Crippen LogP contribution in [0.2, 0.25) is 0 Å². The van der Waals surface area contributed by atoms with Crippen molar-refractivity contribution in [3.8, 4) is 0 Å². The number of hydrogen-bond donors (Lipinski definition) is 3. The van der Waals surface area contributed by atoms with Gasteiger partial charge in [-0.3, -0.25) is 9.59 Å². The van der Waals surface area contributed by atoms with Gasteiger partial charge in [0.05, 0.1) is 0 Å². The van der Waals surface area contributed by atoms with Crippen LogP contribution in [0.1, 0.15) is 40.0 Å². The van der Waals surface area contributed by atoms with Gasteiger partial charge >= 0.3 is 0 Å². The van der Waals surface area contributed by atoms with Crippen LogP contribution < -0.4 is 16.0 Å². The van der Waals surface area contributed by atoms with Gasteiger partial charge in [-0.05, 0) is 37.2 Å². The van der Waals surface area contributed by atoms with Crippen LogP contribution in [0.3, 0.4) is 0 Å². The third-order valence-corrected chi connectivity index (χ3v) is 2.91. The van der Waals surface area contributed by atoms with Gasteiger partial charge in [0, 0.05) is 30.3 Å². The van der Waals surface area contributed by atoms with E-state index in [1.165, 1.54) is 0 Å². The van der Waals surface area contributed by atoms with E-state index in [1.54, 1.807) is 31.2 Å². The summed E-state index contributed by atoms with van der Waals surface area (Å²) in [6.45, 7) is 6.81. The molecule has 0 aliphatic carbocycles. The number of carbonyl (C=O) groups excluding carboxylic acids is 2. The van der Waals surface area contributed by atoms with Crippen molar-refractivity contribution < 1.29 is 9.59 Å². The standard InChI is InChI=1S/C16H25N3O2/c1-4-15(20)18-13-7-9-14(10-8-13)19-16(21)6-5-11-17-12(2)3/h7-10,12,17H,4-6,11H2,1-3H3,(H,18,20)(H,19,21). The smallest absolute Gasteiger partial charge is 0.224 e. The minimum atomic E-state index is -0.0237. The van der Waals surface area contributed by atoms with Gasteiger partial charge in [-0.25, -0.2) is 0 Å². The Morgan fingerprint density at radius 3 is 2.00 bits per heavy atom. The highest BCUT2D eigenvalue weighted by atomic mass is 16.2. The van der Waals surface area contributed by atoms with Crippen LogP contribution in [0.5, 0.6) is 0 Å². The maximum atomic E-state index is 11.8. The van der Waals surface area contributed by atoms with E-state index in [2.05, 4.69) is 29.8 Å². The van der Waals surface area contributed by atoms with Crippen LogP contribution in [0.25, 0.3) is 0 Å². The Morgan fingerprint density at radius 1 is 1.00 bits per heavy atom. The van der Waals surface area contributed by atoms with Crippen molar-refractivity contribution >= 4 is 23.2 Å². The monoisotopic (exact) mass is 291 g/mol. The van der Waals surface area contributed by atoms with Gasteiger partial charge in [0.15, 0.2) is 0 Å². The second kappa shape index (κ2) is 9.13. The zero-order valence-corrected chi connectivity index (χ0v) is 13.0. The summed E-state index contributed by atoms with van der Waals surface area (Å²) in [4.78, 5) is 23.0. The van der Waals surface area contributed by atoms with E-state index < -0.39 is 0 Å². The lowest BCUT2D eigenvalue weighted by atomic mass is 10.2. The molecule has 0 unspecified atom stereocenters. The molecule has 1 aromatic carbocycles. The van der Waals surface area contributed by atoms with Gasteiger partial charge in [0.25, 0.3) is 0 Å². The molecular weight excluding hydrogens is 266 g/mol. The average molecular weight is 291 g/mol. The molecule has 0 fully saturated rings. The lowest BCUT2D eigenvalue weighted by Crippen LogP contribution is -2.24. The van der Waals surface area contributed by atoms with Crippen LogP contribution in [0.4, 0.5) is 11.4 Å². The summed E-state index contributed by atoms with van der Waals surface area (Å²) < 4.78 is 0. The molecule has 3 N–H and O–H groups in total. The molecule has 0 aromatic heterocycles. The van der Waals surface area contributed by atoms with Crippen LogP contribution in [0.15, 0.2) is 24.3 Å². The molecule has 0 atom stereocenters. The Hall–Kier alpha value is -1.88. The molecule has 0 radical (unpaired) electrons.